The van der Waals surface area contributed by atoms with Gasteiger partial charge in [0.15, 0.2) is 0 Å². The molecule has 0 saturated carbocycles. The van der Waals surface area contributed by atoms with Crippen LogP contribution in [0.1, 0.15) is 5.56 Å². The summed E-state index contributed by atoms with van der Waals surface area (Å²) in [5.74, 6) is 5.35. The van der Waals surface area contributed by atoms with E-state index in [2.05, 4.69) is 22.5 Å². The number of benzene rings is 2. The molecule has 0 fully saturated rings. The quantitative estimate of drug-likeness (QED) is 0.817. The van der Waals surface area contributed by atoms with E-state index in [0.717, 1.165) is 5.56 Å². The number of nitrogens with one attached hydrogen (secondary N) is 2. The van der Waals surface area contributed by atoms with Crippen molar-refractivity contribution in [1.29, 1.82) is 0 Å². The minimum Gasteiger partial charge on any atom is -0.327 e. The minimum absolute atomic E-state index is 0.194. The molecule has 0 aliphatic heterocycles. The molecule has 5 heteroatoms. The maximum absolute atomic E-state index is 12.7. The average molecular weight is 303 g/mol. The van der Waals surface area contributed by atoms with Gasteiger partial charge in [-0.1, -0.05) is 29.5 Å². The second-order valence-corrected chi connectivity index (χ2v) is 4.56. The lowest BCUT2D eigenvalue weighted by molar-refractivity contribution is 0.253. The molecule has 0 unspecified atom stereocenters. The van der Waals surface area contributed by atoms with Crippen LogP contribution < -0.4 is 10.6 Å². The van der Waals surface area contributed by atoms with Gasteiger partial charge in [0.25, 0.3) is 0 Å². The maximum Gasteiger partial charge on any atom is 0.319 e. The Labute approximate surface area is 127 Å². The van der Waals surface area contributed by atoms with Crippen LogP contribution in [-0.4, -0.2) is 12.6 Å². The Morgan fingerprint density at radius 1 is 1.19 bits per heavy atom. The molecule has 0 aliphatic rings. The van der Waals surface area contributed by atoms with E-state index in [0.29, 0.717) is 10.7 Å². The lowest BCUT2D eigenvalue weighted by Gasteiger charge is -2.04. The molecule has 2 N–H and O–H groups in total. The molecule has 21 heavy (non-hydrogen) atoms. The molecule has 106 valence electrons. The van der Waals surface area contributed by atoms with E-state index in [-0.39, 0.29) is 12.4 Å². The fraction of sp³-hybridized carbons (Fsp3) is 0.0625. The second kappa shape index (κ2) is 7.32. The van der Waals surface area contributed by atoms with E-state index in [4.69, 9.17) is 11.6 Å². The second-order valence-electron chi connectivity index (χ2n) is 4.13. The molecule has 0 spiro atoms. The SMILES string of the molecule is O=C(NCC#Cc1cccc(Cl)c1)Nc1ccc(F)cc1. The van der Waals surface area contributed by atoms with Crippen molar-refractivity contribution in [2.24, 2.45) is 0 Å². The summed E-state index contributed by atoms with van der Waals surface area (Å²) in [7, 11) is 0. The molecule has 0 atom stereocenters. The molecule has 0 aliphatic carbocycles. The highest BCUT2D eigenvalue weighted by molar-refractivity contribution is 6.30. The molecule has 0 bridgehead atoms. The van der Waals surface area contributed by atoms with Crippen LogP contribution >= 0.6 is 11.6 Å². The van der Waals surface area contributed by atoms with Crippen molar-refractivity contribution in [3.8, 4) is 11.8 Å². The monoisotopic (exact) mass is 302 g/mol. The van der Waals surface area contributed by atoms with Crippen molar-refractivity contribution in [2.75, 3.05) is 11.9 Å². The smallest absolute Gasteiger partial charge is 0.319 e. The maximum atomic E-state index is 12.7. The van der Waals surface area contributed by atoms with Gasteiger partial charge >= 0.3 is 6.03 Å². The van der Waals surface area contributed by atoms with E-state index < -0.39 is 6.03 Å². The molecule has 3 nitrogen and oxygen atoms in total. The van der Waals surface area contributed by atoms with Gasteiger partial charge in [-0.15, -0.1) is 0 Å². The van der Waals surface area contributed by atoms with Crippen LogP contribution in [0.2, 0.25) is 5.02 Å². The molecule has 2 amide bonds. The van der Waals surface area contributed by atoms with Gasteiger partial charge in [-0.25, -0.2) is 9.18 Å². The summed E-state index contributed by atoms with van der Waals surface area (Å²) in [6.07, 6.45) is 0. The zero-order valence-electron chi connectivity index (χ0n) is 11.0. The number of amides is 2. The van der Waals surface area contributed by atoms with Gasteiger partial charge in [0.1, 0.15) is 5.82 Å². The Bertz CT molecular complexity index is 689. The van der Waals surface area contributed by atoms with Gasteiger partial charge in [0, 0.05) is 16.3 Å². The highest BCUT2D eigenvalue weighted by atomic mass is 35.5. The van der Waals surface area contributed by atoms with Crippen molar-refractivity contribution in [2.45, 2.75) is 0 Å². The first-order chi connectivity index (χ1) is 10.1. The van der Waals surface area contributed by atoms with Gasteiger partial charge in [-0.05, 0) is 42.5 Å². The van der Waals surface area contributed by atoms with E-state index >= 15 is 0 Å². The molecular weight excluding hydrogens is 291 g/mol. The summed E-state index contributed by atoms with van der Waals surface area (Å²) >= 11 is 5.84. The highest BCUT2D eigenvalue weighted by Crippen LogP contribution is 2.09. The summed E-state index contributed by atoms with van der Waals surface area (Å²) in [5.41, 5.74) is 1.29. The Morgan fingerprint density at radius 3 is 2.67 bits per heavy atom. The lowest BCUT2D eigenvalue weighted by atomic mass is 10.2. The van der Waals surface area contributed by atoms with Crippen molar-refractivity contribution < 1.29 is 9.18 Å². The van der Waals surface area contributed by atoms with Crippen LogP contribution in [0.4, 0.5) is 14.9 Å². The third-order valence-corrected chi connectivity index (χ3v) is 2.73. The predicted molar refractivity (Wildman–Crippen MR) is 81.8 cm³/mol. The molecular formula is C16H12ClFN2O. The first-order valence-corrected chi connectivity index (χ1v) is 6.56. The number of carbonyl (C=O) groups excluding carboxylic acids is 1. The number of hydrogen-bond acceptors (Lipinski definition) is 1. The Kier molecular flexibility index (Phi) is 5.19. The first kappa shape index (κ1) is 14.9. The Hall–Kier alpha value is -2.51. The van der Waals surface area contributed by atoms with Crippen LogP contribution in [0.3, 0.4) is 0 Å². The van der Waals surface area contributed by atoms with Gasteiger partial charge < -0.3 is 10.6 Å². The summed E-state index contributed by atoms with van der Waals surface area (Å²) < 4.78 is 12.7. The average Bonchev–Trinajstić information content (AvgIpc) is 2.46. The zero-order valence-corrected chi connectivity index (χ0v) is 11.7. The number of hydrogen-bond donors (Lipinski definition) is 2. The number of urea groups is 1. The summed E-state index contributed by atoms with van der Waals surface area (Å²) in [6, 6.07) is 12.2. The van der Waals surface area contributed by atoms with Crippen LogP contribution in [-0.2, 0) is 0 Å². The third-order valence-electron chi connectivity index (χ3n) is 2.50. The predicted octanol–water partition coefficient (Wildman–Crippen LogP) is 3.65. The standard InChI is InChI=1S/C16H12ClFN2O/c17-13-5-1-3-12(11-13)4-2-10-19-16(21)20-15-8-6-14(18)7-9-15/h1,3,5-9,11H,10H2,(H2,19,20,21). The van der Waals surface area contributed by atoms with Gasteiger partial charge in [-0.3, -0.25) is 0 Å². The molecule has 2 aromatic rings. The number of anilines is 1. The Balaban J connectivity index is 1.81. The van der Waals surface area contributed by atoms with E-state index in [1.165, 1.54) is 24.3 Å². The van der Waals surface area contributed by atoms with Crippen molar-refractivity contribution in [1.82, 2.24) is 5.32 Å². The molecule has 0 saturated heterocycles. The van der Waals surface area contributed by atoms with Crippen LogP contribution in [0, 0.1) is 17.7 Å². The zero-order chi connectivity index (χ0) is 15.1. The van der Waals surface area contributed by atoms with Crippen LogP contribution in [0.5, 0.6) is 0 Å². The Morgan fingerprint density at radius 2 is 1.95 bits per heavy atom. The number of halogens is 2. The van der Waals surface area contributed by atoms with Crippen molar-refractivity contribution >= 4 is 23.3 Å². The van der Waals surface area contributed by atoms with Gasteiger partial charge in [0.05, 0.1) is 6.54 Å². The van der Waals surface area contributed by atoms with Gasteiger partial charge in [-0.2, -0.15) is 0 Å². The molecule has 2 rings (SSSR count). The van der Waals surface area contributed by atoms with Crippen molar-refractivity contribution in [3.05, 3.63) is 64.9 Å². The molecule has 0 heterocycles. The van der Waals surface area contributed by atoms with E-state index in [1.54, 1.807) is 18.2 Å². The van der Waals surface area contributed by atoms with E-state index in [9.17, 15) is 9.18 Å². The normalized spacial score (nSPS) is 9.43. The van der Waals surface area contributed by atoms with Crippen LogP contribution in [0.25, 0.3) is 0 Å². The minimum atomic E-state index is -0.401. The molecule has 0 aromatic heterocycles. The largest absolute Gasteiger partial charge is 0.327 e. The highest BCUT2D eigenvalue weighted by Gasteiger charge is 1.99. The topological polar surface area (TPSA) is 41.1 Å². The summed E-state index contributed by atoms with van der Waals surface area (Å²) in [4.78, 5) is 11.6. The summed E-state index contributed by atoms with van der Waals surface area (Å²) in [5, 5.41) is 5.77. The van der Waals surface area contributed by atoms with Crippen LogP contribution in [0.15, 0.2) is 48.5 Å². The fourth-order valence-electron chi connectivity index (χ4n) is 1.55. The lowest BCUT2D eigenvalue weighted by Crippen LogP contribution is -2.28. The molecule has 0 radical (unpaired) electrons. The first-order valence-electron chi connectivity index (χ1n) is 6.18. The van der Waals surface area contributed by atoms with E-state index in [1.807, 2.05) is 6.07 Å². The summed E-state index contributed by atoms with van der Waals surface area (Å²) in [6.45, 7) is 0.194. The van der Waals surface area contributed by atoms with Crippen molar-refractivity contribution in [3.63, 3.8) is 0 Å². The third kappa shape index (κ3) is 5.17. The number of rotatable bonds is 2. The molecule has 2 aromatic carbocycles. The number of carbonyl (C=O) groups is 1. The van der Waals surface area contributed by atoms with Gasteiger partial charge in [0.2, 0.25) is 0 Å². The fourth-order valence-corrected chi connectivity index (χ4v) is 1.74.